The van der Waals surface area contributed by atoms with Gasteiger partial charge in [0.25, 0.3) is 41.4 Å². The number of benzene rings is 4. The summed E-state index contributed by atoms with van der Waals surface area (Å²) < 4.78 is 29.0. The van der Waals surface area contributed by atoms with Crippen LogP contribution in [0.25, 0.3) is 10.4 Å². The highest BCUT2D eigenvalue weighted by Crippen LogP contribution is 2.27. The number of rotatable bonds is 37. The minimum atomic E-state index is -0.794. The van der Waals surface area contributed by atoms with Crippen molar-refractivity contribution in [3.63, 3.8) is 0 Å². The van der Waals surface area contributed by atoms with Crippen LogP contribution in [0, 0.1) is 41.4 Å². The van der Waals surface area contributed by atoms with E-state index in [-0.39, 0.29) is 156 Å². The van der Waals surface area contributed by atoms with Crippen LogP contribution in [0.1, 0.15) is 297 Å². The number of nitrogens with zero attached hydrogens (tertiary/aromatic N) is 15. The summed E-state index contributed by atoms with van der Waals surface area (Å²) in [5.74, 6) is 4.63. The number of ether oxygens (including phenoxy) is 5. The van der Waals surface area contributed by atoms with Crippen molar-refractivity contribution in [3.05, 3.63) is 246 Å². The predicted octanol–water partition coefficient (Wildman–Crippen LogP) is 14.0. The SMILES string of the molecule is CC(=O)c1nnc(C(=O)N2CCC[C@@H](OCc3ccccc3)C2)cc1CC(C)C.CC(C)Cc1cc(C(=O)N2CCC[C@@H](OCc3ccccc3)C2)nnc1C(=O)N=[N+]=[N-].CC(C)Cc1cc(C(=O)N2CCC[C@@H](OCc3ccccc3)C2)nnc1C(=O)NN.CC(C)Cc1cc(C(=O)N2CCC[C@@H](OCc3ccccc3)C2)nnc1C(=O)N[C@H](CO)C(C)C.CC(C)[C@H](N)CO.CC(C)[C@H](N)CO.CCOCC. The monoisotopic (exact) mass is 1990 g/mol. The number of azide groups is 1. The summed E-state index contributed by atoms with van der Waals surface area (Å²) in [4.78, 5) is 111. The molecule has 11 N–H and O–H groups in total. The third-order valence-corrected chi connectivity index (χ3v) is 23.9. The zero-order valence-corrected chi connectivity index (χ0v) is 87.5. The number of hydrogen-bond donors (Lipinski definition) is 8. The number of piperidine rings is 4. The number of Topliss-reactive ketones (excluding diaryl/α,β-unsaturated/α-hetero) is 1. The molecule has 0 bridgehead atoms. The average molecular weight is 1990 g/mol. The van der Waals surface area contributed by atoms with Crippen LogP contribution in [0.3, 0.4) is 0 Å². The van der Waals surface area contributed by atoms with E-state index in [4.69, 9.17) is 56.7 Å². The van der Waals surface area contributed by atoms with E-state index in [9.17, 15) is 43.5 Å². The zero-order chi connectivity index (χ0) is 106. The summed E-state index contributed by atoms with van der Waals surface area (Å²) in [5, 5.41) is 64.6. The van der Waals surface area contributed by atoms with Gasteiger partial charge in [0.05, 0.1) is 76.7 Å². The van der Waals surface area contributed by atoms with Crippen molar-refractivity contribution in [2.24, 2.45) is 63.8 Å². The molecule has 0 spiro atoms. The number of amides is 7. The van der Waals surface area contributed by atoms with Crippen LogP contribution in [0.5, 0.6) is 0 Å². The van der Waals surface area contributed by atoms with E-state index in [0.29, 0.717) is 150 Å². The third kappa shape index (κ3) is 42.9. The van der Waals surface area contributed by atoms with Gasteiger partial charge >= 0.3 is 0 Å². The number of carbonyl (C=O) groups is 8. The lowest BCUT2D eigenvalue weighted by Gasteiger charge is -2.32. The van der Waals surface area contributed by atoms with Gasteiger partial charge in [0, 0.05) is 89.5 Å². The molecule has 36 nitrogen and oxygen atoms in total. The first kappa shape index (κ1) is 121. The molecule has 0 radical (unpaired) electrons. The minimum absolute atomic E-state index is 0.00694. The molecule has 0 saturated carbocycles. The standard InChI is InChI=1S/C27H38N4O4.C23H29N3O3.C22H26N6O3.C22H29N5O3.2C5H13NO.C4H10O/c1-18(2)13-21-14-23(29-30-25(21)26(33)28-24(16-32)19(3)4)27(34)31-12-8-11-22(15-31)35-17-20-9-6-5-7-10-20;1-16(2)12-19-13-21(24-25-22(19)17(3)27)23(28)26-11-7-10-20(14-26)29-15-18-8-5-4-6-9-18;1-15(2)11-17-12-19(24-25-20(17)21(29)26-27-23)22(30)28-10-6-9-18(13-28)31-14-16-7-4-3-5-8-16;1-15(2)11-17-12-19(25-26-20(17)21(28)24-23)22(29)27-10-6-9-18(13-27)30-14-16-7-4-3-5-8-16;2*1-4(2)5(6)3-7;1-3-5-4-2/h5-7,9-10,14,18-19,22,24,32H,8,11-13,15-17H2,1-4H3,(H,28,33);4-6,8-9,13,16,20H,7,10-12,14-15H2,1-3H3;3-5,7-8,12,15,18H,6,9-11,13-14H2,1-2H3;3-5,7-8,12,15,18H,6,9-11,13-14,23H2,1-2H3,(H,24,28);2*4-5,7H,3,6H2,1-2H3;3-4H2,1-2H3/t22-,24-;20-;2*18-;2*5-;/m111111./s1. The molecule has 0 aliphatic carbocycles. The Bertz CT molecular complexity index is 5220. The lowest BCUT2D eigenvalue weighted by molar-refractivity contribution is -0.00692. The molecule has 4 saturated heterocycles. The first-order chi connectivity index (χ1) is 68.9. The number of aromatic nitrogens is 8. The minimum Gasteiger partial charge on any atom is -0.395 e. The van der Waals surface area contributed by atoms with Crippen LogP contribution in [-0.2, 0) is 75.8 Å². The van der Waals surface area contributed by atoms with Crippen LogP contribution in [0.15, 0.2) is 151 Å². The maximum atomic E-state index is 13.3. The number of hydrogen-bond acceptors (Lipinski definition) is 27. The normalized spacial score (nSPS) is 16.2. The van der Waals surface area contributed by atoms with Crippen LogP contribution in [-0.4, -0.2) is 251 Å². The summed E-state index contributed by atoms with van der Waals surface area (Å²) in [7, 11) is 0. The Labute approximate surface area is 850 Å². The number of nitrogens with one attached hydrogen (secondary N) is 2. The Kier molecular flexibility index (Phi) is 55.1. The van der Waals surface area contributed by atoms with E-state index in [1.54, 1.807) is 43.9 Å². The number of nitrogen functional groups attached to an aromatic ring is 1. The summed E-state index contributed by atoms with van der Waals surface area (Å²) in [6, 6.07) is 46.2. The highest BCUT2D eigenvalue weighted by molar-refractivity contribution is 5.99. The van der Waals surface area contributed by atoms with Gasteiger partial charge in [0.15, 0.2) is 39.9 Å². The molecule has 4 aliphatic heterocycles. The van der Waals surface area contributed by atoms with E-state index >= 15 is 0 Å². The second-order valence-corrected chi connectivity index (χ2v) is 39.0. The lowest BCUT2D eigenvalue weighted by Crippen LogP contribution is -2.44. The van der Waals surface area contributed by atoms with Gasteiger partial charge < -0.3 is 75.4 Å². The van der Waals surface area contributed by atoms with Crippen molar-refractivity contribution < 1.29 is 77.4 Å². The van der Waals surface area contributed by atoms with Crippen LogP contribution in [0.2, 0.25) is 0 Å². The van der Waals surface area contributed by atoms with Gasteiger partial charge in [-0.25, -0.2) is 5.84 Å². The highest BCUT2D eigenvalue weighted by atomic mass is 16.5. The van der Waals surface area contributed by atoms with Gasteiger partial charge in [-0.05, 0) is 212 Å². The number of likely N-dealkylation sites (tertiary alicyclic amines) is 4. The zero-order valence-electron chi connectivity index (χ0n) is 87.5. The van der Waals surface area contributed by atoms with Crippen molar-refractivity contribution >= 4 is 47.1 Å². The molecule has 7 atom stereocenters. The quantitative estimate of drug-likeness (QED) is 0.00341. The fraction of sp³-hybridized carbons (Fsp3) is 0.556. The second-order valence-electron chi connectivity index (χ2n) is 39.0. The molecule has 7 amide bonds. The van der Waals surface area contributed by atoms with Gasteiger partial charge in [-0.2, -0.15) is 0 Å². The Morgan fingerprint density at radius 3 is 0.903 bits per heavy atom. The van der Waals surface area contributed by atoms with E-state index in [1.807, 2.05) is 218 Å². The fourth-order valence-electron chi connectivity index (χ4n) is 15.7. The van der Waals surface area contributed by atoms with Crippen molar-refractivity contribution in [2.45, 2.75) is 264 Å². The summed E-state index contributed by atoms with van der Waals surface area (Å²) in [6.07, 6.45) is 9.39. The molecule has 12 rings (SSSR count). The van der Waals surface area contributed by atoms with Crippen molar-refractivity contribution in [3.8, 4) is 0 Å². The molecule has 8 heterocycles. The van der Waals surface area contributed by atoms with Gasteiger partial charge in [-0.3, -0.25) is 43.8 Å². The Hall–Kier alpha value is -11.8. The molecule has 144 heavy (non-hydrogen) atoms. The number of ketones is 1. The molecule has 4 aromatic heterocycles. The number of carbonyl (C=O) groups excluding carboxylic acids is 8. The number of aliphatic hydroxyl groups excluding tert-OH is 3. The van der Waals surface area contributed by atoms with Crippen molar-refractivity contribution in [1.82, 2.24) is 71.1 Å². The third-order valence-electron chi connectivity index (χ3n) is 23.9. The topological polar surface area (TPSA) is 510 Å². The first-order valence-corrected chi connectivity index (χ1v) is 50.5. The van der Waals surface area contributed by atoms with Crippen LogP contribution < -0.4 is 28.1 Å². The molecule has 4 fully saturated rings. The lowest BCUT2D eigenvalue weighted by atomic mass is 9.99. The van der Waals surface area contributed by atoms with E-state index in [0.717, 1.165) is 92.4 Å². The summed E-state index contributed by atoms with van der Waals surface area (Å²) in [5.41, 5.74) is 30.2. The Morgan fingerprint density at radius 1 is 0.403 bits per heavy atom. The highest BCUT2D eigenvalue weighted by Gasteiger charge is 2.34. The van der Waals surface area contributed by atoms with E-state index < -0.39 is 11.8 Å². The number of nitrogens with two attached hydrogens (primary N) is 3. The average Bonchev–Trinajstić information content (AvgIpc) is 0.825. The van der Waals surface area contributed by atoms with E-state index in [1.165, 1.54) is 6.92 Å². The Morgan fingerprint density at radius 2 is 0.674 bits per heavy atom. The molecule has 8 aromatic rings. The van der Waals surface area contributed by atoms with Gasteiger partial charge in [-0.15, -0.1) is 40.8 Å². The molecule has 36 heteroatoms. The smallest absolute Gasteiger partial charge is 0.285 e. The first-order valence-electron chi connectivity index (χ1n) is 50.5. The molecular formula is C108H158N20O16. The van der Waals surface area contributed by atoms with Gasteiger partial charge in [0.1, 0.15) is 11.4 Å². The molecule has 4 aliphatic rings. The summed E-state index contributed by atoms with van der Waals surface area (Å²) >= 11 is 0. The number of hydrazine groups is 1. The molecule has 4 aromatic carbocycles. The summed E-state index contributed by atoms with van der Waals surface area (Å²) in [6.45, 7) is 42.0. The fourth-order valence-corrected chi connectivity index (χ4v) is 15.7. The second kappa shape index (κ2) is 65.6. The Balaban J connectivity index is 0.000000276. The van der Waals surface area contributed by atoms with Gasteiger partial charge in [-0.1, -0.05) is 218 Å². The van der Waals surface area contributed by atoms with Crippen molar-refractivity contribution in [1.29, 1.82) is 0 Å². The molecular weight excluding hydrogens is 1830 g/mol. The predicted molar refractivity (Wildman–Crippen MR) is 553 cm³/mol. The number of aliphatic hydroxyl groups is 3. The molecule has 786 valence electrons. The van der Waals surface area contributed by atoms with Crippen molar-refractivity contribution in [2.75, 3.05) is 85.4 Å². The molecule has 0 unspecified atom stereocenters. The maximum Gasteiger partial charge on any atom is 0.285 e. The van der Waals surface area contributed by atoms with Crippen LogP contribution >= 0.6 is 0 Å². The van der Waals surface area contributed by atoms with Gasteiger partial charge in [0.2, 0.25) is 0 Å². The van der Waals surface area contributed by atoms with Crippen LogP contribution in [0.4, 0.5) is 0 Å². The largest absolute Gasteiger partial charge is 0.395 e. The van der Waals surface area contributed by atoms with E-state index in [2.05, 4.69) is 75.4 Å². The maximum absolute atomic E-state index is 13.3.